The molecule has 6 aromatic carbocycles. The molecule has 3 fully saturated rings. The van der Waals surface area contributed by atoms with Gasteiger partial charge in [0.1, 0.15) is 121 Å². The number of hydrogen-bond donors (Lipinski definition) is 15. The molecule has 13 rings (SSSR count). The number of aromatic hydroxyl groups is 2. The van der Waals surface area contributed by atoms with E-state index in [9.17, 15) is 99.3 Å². The van der Waals surface area contributed by atoms with Crippen LogP contribution < -0.4 is 46.0 Å². The molecule has 4 aromatic heterocycles. The topological polar surface area (TPSA) is 727 Å². The summed E-state index contributed by atoms with van der Waals surface area (Å²) in [6.45, 7) is 10.4. The Morgan fingerprint density at radius 3 is 1.08 bits per heavy atom. The Kier molecular flexibility index (Phi) is 33.1. The fourth-order valence-electron chi connectivity index (χ4n) is 12.9. The van der Waals surface area contributed by atoms with Crippen molar-refractivity contribution >= 4 is 86.2 Å². The number of phenols is 2. The molecular formula is C78H90N19O32P3. The number of methoxy groups -OCH3 is 2. The molecule has 18 N–H and O–H groups in total. The molecule has 132 heavy (non-hydrogen) atoms. The lowest BCUT2D eigenvalue weighted by Gasteiger charge is -2.26. The van der Waals surface area contributed by atoms with Crippen molar-refractivity contribution < 1.29 is 139 Å². The number of esters is 3. The van der Waals surface area contributed by atoms with Crippen LogP contribution in [0.2, 0.25) is 0 Å². The number of nitro benzene ring substituents is 3. The summed E-state index contributed by atoms with van der Waals surface area (Å²) >= 11 is 0. The number of aromatic amines is 1. The predicted octanol–water partition coefficient (Wildman–Crippen LogP) is 4.22. The van der Waals surface area contributed by atoms with Gasteiger partial charge >= 0.3 is 41.1 Å². The van der Waals surface area contributed by atoms with E-state index in [0.717, 1.165) is 75.6 Å². The van der Waals surface area contributed by atoms with Crippen molar-refractivity contribution in [2.45, 2.75) is 118 Å². The fourth-order valence-corrected chi connectivity index (χ4v) is 17.4. The number of nitrogens with zero attached hydrogens (tertiary/aromatic N) is 12. The Morgan fingerprint density at radius 2 is 0.788 bits per heavy atom. The highest BCUT2D eigenvalue weighted by Gasteiger charge is 2.50. The number of aromatic nitrogens is 10. The van der Waals surface area contributed by atoms with Crippen molar-refractivity contribution in [1.29, 1.82) is 0 Å². The Hall–Kier alpha value is -13.4. The summed E-state index contributed by atoms with van der Waals surface area (Å²) in [5.41, 5.74) is 18.9. The molecule has 0 amide bonds. The lowest BCUT2D eigenvalue weighted by Crippen LogP contribution is -2.40. The van der Waals surface area contributed by atoms with Gasteiger partial charge in [-0.3, -0.25) is 58.3 Å². The molecule has 18 atom stereocenters. The van der Waals surface area contributed by atoms with Crippen LogP contribution in [0.1, 0.15) is 59.8 Å². The van der Waals surface area contributed by atoms with Crippen molar-refractivity contribution in [1.82, 2.24) is 64.5 Å². The fraction of sp³-hybridized carbons (Fsp3) is 0.321. The first-order valence-corrected chi connectivity index (χ1v) is 43.8. The van der Waals surface area contributed by atoms with Gasteiger partial charge in [0.15, 0.2) is 36.2 Å². The van der Waals surface area contributed by atoms with Gasteiger partial charge in [-0.1, -0.05) is 62.2 Å². The van der Waals surface area contributed by atoms with Gasteiger partial charge in [-0.05, 0) is 103 Å². The van der Waals surface area contributed by atoms with E-state index in [1.165, 1.54) is 91.8 Å². The molecule has 3 aliphatic rings. The van der Waals surface area contributed by atoms with Gasteiger partial charge in [-0.2, -0.15) is 15.3 Å². The molecular weight excluding hydrogens is 1810 g/mol. The first-order chi connectivity index (χ1) is 62.7. The molecule has 3 aliphatic heterocycles. The third-order valence-electron chi connectivity index (χ3n) is 19.6. The maximum absolute atomic E-state index is 14.2. The minimum Gasteiger partial charge on any atom is -0.508 e. The number of fused-ring (bicyclic) bond motifs is 1. The number of nitro groups is 3. The molecule has 54 heteroatoms. The van der Waals surface area contributed by atoms with E-state index in [0.29, 0.717) is 16.7 Å². The molecule has 0 saturated carbocycles. The number of nitrogens with two attached hydrogens (primary N) is 3. The first-order valence-electron chi connectivity index (χ1n) is 39.2. The highest BCUT2D eigenvalue weighted by Crippen LogP contribution is 2.50. The van der Waals surface area contributed by atoms with Crippen LogP contribution >= 0.6 is 23.2 Å². The van der Waals surface area contributed by atoms with Crippen molar-refractivity contribution in [3.8, 4) is 28.7 Å². The molecule has 7 heterocycles. The smallest absolute Gasteiger partial charge is 0.459 e. The molecule has 704 valence electrons. The van der Waals surface area contributed by atoms with E-state index in [1.807, 2.05) is 24.3 Å². The van der Waals surface area contributed by atoms with Gasteiger partial charge in [0, 0.05) is 59.9 Å². The van der Waals surface area contributed by atoms with Crippen molar-refractivity contribution in [3.63, 3.8) is 0 Å². The number of aliphatic hydroxyl groups excluding tert-OH is 6. The molecule has 0 aliphatic carbocycles. The zero-order chi connectivity index (χ0) is 95.6. The monoisotopic (exact) mass is 1900 g/mol. The number of aliphatic hydroxyl groups is 6. The van der Waals surface area contributed by atoms with Crippen molar-refractivity contribution in [3.05, 3.63) is 255 Å². The second kappa shape index (κ2) is 44.0. The Bertz CT molecular complexity index is 5880. The maximum atomic E-state index is 14.2. The second-order valence-corrected chi connectivity index (χ2v) is 34.0. The first kappa shape index (κ1) is 99.2. The number of rotatable bonds is 40. The van der Waals surface area contributed by atoms with Crippen LogP contribution in [0.5, 0.6) is 28.7 Å². The van der Waals surface area contributed by atoms with E-state index in [4.69, 9.17) is 72.8 Å². The summed E-state index contributed by atoms with van der Waals surface area (Å²) in [6, 6.07) is 29.2. The van der Waals surface area contributed by atoms with Crippen molar-refractivity contribution in [2.75, 3.05) is 40.6 Å². The Balaban J connectivity index is 0.000000191. The van der Waals surface area contributed by atoms with Crippen molar-refractivity contribution in [2.24, 2.45) is 17.2 Å². The van der Waals surface area contributed by atoms with E-state index >= 15 is 0 Å². The van der Waals surface area contributed by atoms with E-state index in [2.05, 4.69) is 70.2 Å². The van der Waals surface area contributed by atoms with Crippen LogP contribution in [0.15, 0.2) is 191 Å². The molecule has 0 spiro atoms. The molecule has 0 bridgehead atoms. The number of nitrogens with one attached hydrogen (secondary N) is 4. The van der Waals surface area contributed by atoms with Crippen LogP contribution in [-0.4, -0.2) is 237 Å². The number of H-pyrrole nitrogens is 1. The Labute approximate surface area is 746 Å². The zero-order valence-corrected chi connectivity index (χ0v) is 72.4. The quantitative estimate of drug-likeness (QED) is 0.00840. The van der Waals surface area contributed by atoms with Gasteiger partial charge in [-0.15, -0.1) is 15.3 Å². The van der Waals surface area contributed by atoms with Crippen LogP contribution in [-0.2, 0) is 89.3 Å². The zero-order valence-electron chi connectivity index (χ0n) is 69.7. The average molecular weight is 1900 g/mol. The minimum atomic E-state index is -4.57. The second-order valence-electron chi connectivity index (χ2n) is 28.9. The number of benzene rings is 6. The molecule has 3 saturated heterocycles. The van der Waals surface area contributed by atoms with Crippen LogP contribution in [0.3, 0.4) is 0 Å². The van der Waals surface area contributed by atoms with Crippen LogP contribution in [0.4, 0.5) is 17.1 Å². The molecule has 51 nitrogen and oxygen atoms in total. The minimum absolute atomic E-state index is 0.00192. The summed E-state index contributed by atoms with van der Waals surface area (Å²) in [5.74, 6) is -2.48. The van der Waals surface area contributed by atoms with Gasteiger partial charge in [-0.25, -0.2) is 42.7 Å². The summed E-state index contributed by atoms with van der Waals surface area (Å²) in [7, 11) is -11.4. The third kappa shape index (κ3) is 25.6. The number of ether oxygens (including phenoxy) is 6. The van der Waals surface area contributed by atoms with Crippen LogP contribution in [0.25, 0.3) is 28.0 Å². The highest BCUT2D eigenvalue weighted by molar-refractivity contribution is 7.52. The van der Waals surface area contributed by atoms with E-state index < -0.39 is 167 Å². The predicted molar refractivity (Wildman–Crippen MR) is 456 cm³/mol. The summed E-state index contributed by atoms with van der Waals surface area (Å²) in [4.78, 5) is 84.8. The number of hydrogen-bond acceptors (Lipinski definition) is 41. The highest BCUT2D eigenvalue weighted by atomic mass is 31.2. The largest absolute Gasteiger partial charge is 0.508 e. The number of para-hydroxylation sites is 1. The number of carbonyl (C=O) groups is 3. The van der Waals surface area contributed by atoms with Gasteiger partial charge in [0.2, 0.25) is 0 Å². The number of non-ortho nitro benzene ring substituents is 3. The summed E-state index contributed by atoms with van der Waals surface area (Å²) in [5, 5.41) is 137. The lowest BCUT2D eigenvalue weighted by molar-refractivity contribution is -0.385. The maximum Gasteiger partial charge on any atom is 0.459 e. The standard InChI is InChI=1S/C27H30N7O10P.C26H31N6O11P.C25H29N6O11P/c1-15(28)25-30-14-33(31-25)26-24(36)23(35)22(43-26)13-42-45(40,44-18-9-7-17(8-10-18)34(38)39)32-21(27(37)41-2)11-16-12-29-20-6-4-3-5-19(16)20;1-3-40-26(36)20(12-16-4-8-18(33)9-5-16)30-44(39,43-19-10-6-17(7-11-19)32(37)38)41-13-21-22(34)23(35)25(42-21)31-14-28-24(29-31)15(2)27;1-14(26)23-27-13-30(28-23)24-22(34)21(33)20(41-24)12-40-43(38,42-18-9-5-16(6-10-18)31(36)37)29-19(25(35)39-2)11-15-3-7-17(32)8-4-15/h3-10,12,14,21-24,26,29,35-36H,1,11,13,28H2,2H3,(H,32,40);4-11,14,20-23,25,33-35H,2-3,12-13,27H2,1H3,(H,30,39);3-10,13,19-22,24,32-34H,1,11-12,26H2,2H3,(H,29,38)/t21-,22+,23+,24+,26+,45?;20-,21+,22+,23+,25+,44?;19-,20+,21+,22+,24+,43?/m000/s1. The number of phenolic OH excluding ortho intramolecular Hbond substituents is 2. The van der Waals surface area contributed by atoms with Gasteiger partial charge in [0.25, 0.3) is 17.1 Å². The lowest BCUT2D eigenvalue weighted by atomic mass is 10.1. The van der Waals surface area contributed by atoms with Gasteiger partial charge < -0.3 is 105 Å². The average Bonchev–Trinajstić information content (AvgIpc) is 1.64. The van der Waals surface area contributed by atoms with E-state index in [-0.39, 0.29) is 106 Å². The normalized spacial score (nSPS) is 21.8. The molecule has 0 radical (unpaired) electrons. The number of carbonyl (C=O) groups excluding carboxylic acids is 3. The molecule has 10 aromatic rings. The SMILES string of the molecule is C=C(N)c1ncn([C@@H]2O[C@H](COP(=O)(N[C@@H](Cc3c[nH]c4ccccc34)C(=O)OC)Oc3ccc([N+](=O)[O-])cc3)[C@@H](O)[C@H]2O)n1.C=C(N)c1ncn([C@@H]2O[C@H](COP(=O)(N[C@@H](Cc3ccc(O)cc3)C(=O)OC)Oc3ccc([N+](=O)[O-])cc3)[C@@H](O)[C@H]2O)n1.C=C(N)c1ncn([C@@H]2O[C@H](COP(=O)(N[C@@H](Cc3ccc(O)cc3)C(=O)OCC)Oc3ccc([N+](=O)[O-])cc3)[C@@H](O)[C@H]2O)n1. The summed E-state index contributed by atoms with van der Waals surface area (Å²) < 4.78 is 112. The Morgan fingerprint density at radius 1 is 0.477 bits per heavy atom. The molecule has 3 unspecified atom stereocenters. The van der Waals surface area contributed by atoms with Gasteiger partial charge in [0.05, 0.1) is 72.5 Å². The van der Waals surface area contributed by atoms with E-state index in [1.54, 1.807) is 25.3 Å². The summed E-state index contributed by atoms with van der Waals surface area (Å²) in [6.07, 6.45) is -11.3. The van der Waals surface area contributed by atoms with Crippen LogP contribution in [0, 0.1) is 30.3 Å². The third-order valence-corrected chi connectivity index (χ3v) is 24.3.